The molecule has 0 radical (unpaired) electrons. The maximum absolute atomic E-state index is 14.2. The van der Waals surface area contributed by atoms with Crippen molar-refractivity contribution in [2.24, 2.45) is 22.9 Å². The lowest BCUT2D eigenvalue weighted by molar-refractivity contribution is -0.256. The molecule has 6 rings (SSSR count). The summed E-state index contributed by atoms with van der Waals surface area (Å²) in [6.07, 6.45) is 8.22. The van der Waals surface area contributed by atoms with Gasteiger partial charge in [-0.25, -0.2) is 4.79 Å². The number of hydrogen-bond donors (Lipinski definition) is 3. The standard InChI is InChI=1S/C50H66N2O10/c1-6-29-59-50-45(52(48(56)58-7-2)25-30-57-31-28-55)34-43(51-62-49(3,4)5)41-32-37(17-11-13-26-53)40(18-12-14-27-54)46(47(41)50)42-33-39(23-24-44(42)61-50)60-38-21-19-36(20-22-38)35-15-9-8-10-16-35/h6,8-10,15-16,19-24,32-33,37,40,45-47,53-55H,1,7,11-14,17-18,25-31,34H2,2-5H3. The molecule has 1 fully saturated rings. The SMILES string of the molecule is C=CCOC12Oc3ccc(Oc4ccc(-c5ccccc5)cc4)cc3C3C(CCCCO)C(CCCCO)C=C(C(=NOC(C)(C)C)CC1N(CCOCCO)C(=O)OCC)C32. The molecule has 2 aliphatic carbocycles. The van der Waals surface area contributed by atoms with Crippen LogP contribution in [0.4, 0.5) is 4.79 Å². The average Bonchev–Trinajstić information content (AvgIpc) is 3.27. The summed E-state index contributed by atoms with van der Waals surface area (Å²) in [7, 11) is 0. The lowest BCUT2D eigenvalue weighted by Crippen LogP contribution is -2.70. The topological polar surface area (TPSA) is 149 Å². The second-order valence-electron chi connectivity index (χ2n) is 17.2. The fourth-order valence-electron chi connectivity index (χ4n) is 9.30. The van der Waals surface area contributed by atoms with Crippen molar-refractivity contribution in [3.63, 3.8) is 0 Å². The predicted octanol–water partition coefficient (Wildman–Crippen LogP) is 9.05. The molecule has 3 N–H and O–H groups in total. The van der Waals surface area contributed by atoms with Gasteiger partial charge >= 0.3 is 6.09 Å². The molecule has 3 aromatic carbocycles. The molecule has 3 aromatic rings. The van der Waals surface area contributed by atoms with E-state index < -0.39 is 29.4 Å². The van der Waals surface area contributed by atoms with E-state index in [0.717, 1.165) is 47.9 Å². The summed E-state index contributed by atoms with van der Waals surface area (Å²) < 4.78 is 32.4. The Kier molecular flexibility index (Phi) is 16.6. The zero-order valence-corrected chi connectivity index (χ0v) is 36.9. The Labute approximate surface area is 367 Å². The summed E-state index contributed by atoms with van der Waals surface area (Å²) in [5, 5.41) is 34.3. The molecule has 1 heterocycles. The maximum Gasteiger partial charge on any atom is 0.410 e. The van der Waals surface area contributed by atoms with Crippen molar-refractivity contribution in [2.75, 3.05) is 52.8 Å². The third-order valence-electron chi connectivity index (χ3n) is 11.9. The predicted molar refractivity (Wildman–Crippen MR) is 239 cm³/mol. The van der Waals surface area contributed by atoms with Gasteiger partial charge < -0.3 is 43.8 Å². The largest absolute Gasteiger partial charge is 0.459 e. The fraction of sp³-hybridized carbons (Fsp3) is 0.520. The van der Waals surface area contributed by atoms with Crippen LogP contribution in [0.15, 0.2) is 102 Å². The van der Waals surface area contributed by atoms with Gasteiger partial charge in [-0.15, -0.1) is 6.58 Å². The minimum atomic E-state index is -1.46. The normalized spacial score (nSPS) is 23.4. The van der Waals surface area contributed by atoms with Gasteiger partial charge in [-0.2, -0.15) is 0 Å². The van der Waals surface area contributed by atoms with E-state index in [1.54, 1.807) is 17.9 Å². The Morgan fingerprint density at radius 1 is 0.919 bits per heavy atom. The van der Waals surface area contributed by atoms with Gasteiger partial charge in [-0.3, -0.25) is 4.90 Å². The van der Waals surface area contributed by atoms with E-state index in [1.807, 2.05) is 63.2 Å². The van der Waals surface area contributed by atoms with Crippen molar-refractivity contribution in [3.05, 3.63) is 103 Å². The molecule has 0 spiro atoms. The second kappa shape index (κ2) is 22.1. The van der Waals surface area contributed by atoms with E-state index in [9.17, 15) is 20.1 Å². The Hall–Kier alpha value is -4.72. The van der Waals surface area contributed by atoms with Crippen LogP contribution in [-0.2, 0) is 19.0 Å². The number of benzene rings is 3. The molecule has 1 saturated carbocycles. The molecule has 12 heteroatoms. The summed E-state index contributed by atoms with van der Waals surface area (Å²) in [5.74, 6) is -0.133. The van der Waals surface area contributed by atoms with Gasteiger partial charge in [0.25, 0.3) is 0 Å². The van der Waals surface area contributed by atoms with Gasteiger partial charge in [-0.1, -0.05) is 72.6 Å². The Balaban J connectivity index is 1.55. The molecule has 3 aliphatic rings. The number of carbonyl (C=O) groups is 1. The molecule has 0 aromatic heterocycles. The number of unbranched alkanes of at least 4 members (excludes halogenated alkanes) is 2. The summed E-state index contributed by atoms with van der Waals surface area (Å²) in [6, 6.07) is 23.4. The van der Waals surface area contributed by atoms with Crippen LogP contribution < -0.4 is 9.47 Å². The first-order valence-corrected chi connectivity index (χ1v) is 22.3. The first kappa shape index (κ1) is 46.8. The fourth-order valence-corrected chi connectivity index (χ4v) is 9.30. The highest BCUT2D eigenvalue weighted by Crippen LogP contribution is 2.62. The maximum atomic E-state index is 14.2. The van der Waals surface area contributed by atoms with Crippen LogP contribution in [0.25, 0.3) is 11.1 Å². The molecule has 0 bridgehead atoms. The number of amides is 1. The zero-order valence-electron chi connectivity index (χ0n) is 36.9. The molecule has 336 valence electrons. The van der Waals surface area contributed by atoms with Gasteiger partial charge in [0.1, 0.15) is 28.9 Å². The minimum absolute atomic E-state index is 0.0382. The van der Waals surface area contributed by atoms with Crippen LogP contribution in [0.5, 0.6) is 17.2 Å². The van der Waals surface area contributed by atoms with E-state index in [0.29, 0.717) is 35.8 Å². The number of fused-ring (bicyclic) bond motifs is 2. The van der Waals surface area contributed by atoms with Gasteiger partial charge in [0.15, 0.2) is 0 Å². The van der Waals surface area contributed by atoms with E-state index in [1.165, 1.54) is 0 Å². The van der Waals surface area contributed by atoms with E-state index >= 15 is 0 Å². The second-order valence-corrected chi connectivity index (χ2v) is 17.2. The number of aliphatic hydroxyl groups excluding tert-OH is 3. The third-order valence-corrected chi connectivity index (χ3v) is 11.9. The molecule has 0 saturated heterocycles. The van der Waals surface area contributed by atoms with Gasteiger partial charge in [-0.05, 0) is 112 Å². The summed E-state index contributed by atoms with van der Waals surface area (Å²) >= 11 is 0. The van der Waals surface area contributed by atoms with E-state index in [2.05, 4.69) is 43.0 Å². The number of hydrogen-bond acceptors (Lipinski definition) is 11. The number of oxime groups is 1. The molecule has 1 aliphatic heterocycles. The molecule has 6 atom stereocenters. The highest BCUT2D eigenvalue weighted by Gasteiger charge is 2.65. The van der Waals surface area contributed by atoms with Crippen molar-refractivity contribution in [1.82, 2.24) is 4.90 Å². The van der Waals surface area contributed by atoms with Crippen LogP contribution in [0, 0.1) is 17.8 Å². The quantitative estimate of drug-likeness (QED) is 0.0508. The third kappa shape index (κ3) is 11.1. The van der Waals surface area contributed by atoms with Crippen LogP contribution in [0.3, 0.4) is 0 Å². The highest BCUT2D eigenvalue weighted by molar-refractivity contribution is 6.03. The minimum Gasteiger partial charge on any atom is -0.459 e. The van der Waals surface area contributed by atoms with Crippen LogP contribution in [0.2, 0.25) is 0 Å². The number of nitrogens with zero attached hydrogens (tertiary/aromatic N) is 2. The lowest BCUT2D eigenvalue weighted by atomic mass is 9.55. The van der Waals surface area contributed by atoms with Gasteiger partial charge in [0, 0.05) is 37.7 Å². The van der Waals surface area contributed by atoms with Crippen molar-refractivity contribution < 1.29 is 48.6 Å². The smallest absolute Gasteiger partial charge is 0.410 e. The van der Waals surface area contributed by atoms with Crippen molar-refractivity contribution in [2.45, 2.75) is 96.0 Å². The van der Waals surface area contributed by atoms with Crippen LogP contribution in [-0.4, -0.2) is 102 Å². The van der Waals surface area contributed by atoms with Crippen LogP contribution >= 0.6 is 0 Å². The monoisotopic (exact) mass is 854 g/mol. The summed E-state index contributed by atoms with van der Waals surface area (Å²) in [5.41, 5.74) is 4.16. The highest BCUT2D eigenvalue weighted by atomic mass is 16.7. The molecule has 1 amide bonds. The number of ether oxygens (including phenoxy) is 5. The first-order chi connectivity index (χ1) is 30.1. The number of carbonyl (C=O) groups excluding carboxylic acids is 1. The van der Waals surface area contributed by atoms with Gasteiger partial charge in [0.2, 0.25) is 5.79 Å². The van der Waals surface area contributed by atoms with Crippen molar-refractivity contribution in [3.8, 4) is 28.4 Å². The average molecular weight is 855 g/mol. The van der Waals surface area contributed by atoms with Crippen LogP contribution in [0.1, 0.15) is 84.1 Å². The number of allylic oxidation sites excluding steroid dienone is 1. The van der Waals surface area contributed by atoms with E-state index in [4.69, 9.17) is 33.7 Å². The lowest BCUT2D eigenvalue weighted by Gasteiger charge is -2.59. The summed E-state index contributed by atoms with van der Waals surface area (Å²) in [6.45, 7) is 12.3. The molecular formula is C50H66N2O10. The van der Waals surface area contributed by atoms with Crippen molar-refractivity contribution >= 4 is 11.8 Å². The molecule has 62 heavy (non-hydrogen) atoms. The Bertz CT molecular complexity index is 1960. The van der Waals surface area contributed by atoms with E-state index in [-0.39, 0.29) is 77.0 Å². The molecular weight excluding hydrogens is 789 g/mol. The zero-order chi connectivity index (χ0) is 44.1. The number of rotatable bonds is 22. The first-order valence-electron chi connectivity index (χ1n) is 22.3. The molecule has 6 unspecified atom stereocenters. The molecule has 12 nitrogen and oxygen atoms in total. The van der Waals surface area contributed by atoms with Gasteiger partial charge in [0.05, 0.1) is 44.7 Å². The Morgan fingerprint density at radius 2 is 1.63 bits per heavy atom. The summed E-state index contributed by atoms with van der Waals surface area (Å²) in [4.78, 5) is 22.0. The van der Waals surface area contributed by atoms with Crippen molar-refractivity contribution in [1.29, 1.82) is 0 Å². The number of aliphatic hydroxyl groups is 3. The Morgan fingerprint density at radius 3 is 2.31 bits per heavy atom.